The first-order chi connectivity index (χ1) is 8.98. The van der Waals surface area contributed by atoms with Gasteiger partial charge in [0.2, 0.25) is 0 Å². The summed E-state index contributed by atoms with van der Waals surface area (Å²) in [6.45, 7) is 5.47. The van der Waals surface area contributed by atoms with Gasteiger partial charge in [0.05, 0.1) is 6.61 Å². The first-order valence-corrected chi connectivity index (χ1v) is 8.15. The third-order valence-electron chi connectivity index (χ3n) is 2.88. The van der Waals surface area contributed by atoms with Crippen molar-refractivity contribution >= 4 is 16.3 Å². The lowest BCUT2D eigenvalue weighted by Crippen LogP contribution is -2.49. The fourth-order valence-corrected chi connectivity index (χ4v) is 3.12. The van der Waals surface area contributed by atoms with Crippen LogP contribution in [0.5, 0.6) is 0 Å². The van der Waals surface area contributed by atoms with Crippen LogP contribution < -0.4 is 9.44 Å². The number of rotatable bonds is 6. The van der Waals surface area contributed by atoms with Crippen molar-refractivity contribution in [3.8, 4) is 0 Å². The van der Waals surface area contributed by atoms with Crippen LogP contribution >= 0.6 is 0 Å². The number of nitrogens with one attached hydrogen (secondary N) is 2. The van der Waals surface area contributed by atoms with Gasteiger partial charge in [-0.25, -0.2) is 9.52 Å². The van der Waals surface area contributed by atoms with Gasteiger partial charge in [-0.2, -0.15) is 13.1 Å². The lowest BCUT2D eigenvalue weighted by Gasteiger charge is -2.31. The lowest BCUT2D eigenvalue weighted by atomic mass is 10.1. The molecule has 1 fully saturated rings. The van der Waals surface area contributed by atoms with Crippen LogP contribution in [0.2, 0.25) is 0 Å². The molecule has 0 aromatic carbocycles. The number of hydrogen-bond donors (Lipinski definition) is 2. The molecule has 0 aromatic heterocycles. The van der Waals surface area contributed by atoms with Gasteiger partial charge in [-0.05, 0) is 26.2 Å². The zero-order valence-electron chi connectivity index (χ0n) is 11.5. The number of likely N-dealkylation sites (tertiary alicyclic amines) is 1. The van der Waals surface area contributed by atoms with E-state index in [1.54, 1.807) is 11.8 Å². The molecule has 8 heteroatoms. The Balaban J connectivity index is 2.36. The van der Waals surface area contributed by atoms with Crippen LogP contribution in [0.15, 0.2) is 0 Å². The summed E-state index contributed by atoms with van der Waals surface area (Å²) in [6, 6.07) is -0.125. The molecule has 0 atom stereocenters. The molecule has 1 rings (SSSR count). The van der Waals surface area contributed by atoms with E-state index in [0.29, 0.717) is 39.1 Å². The summed E-state index contributed by atoms with van der Waals surface area (Å²) in [4.78, 5) is 13.1. The second kappa shape index (κ2) is 7.66. The Morgan fingerprint density at radius 2 is 1.95 bits per heavy atom. The van der Waals surface area contributed by atoms with Gasteiger partial charge in [0.25, 0.3) is 10.2 Å². The van der Waals surface area contributed by atoms with E-state index in [1.807, 2.05) is 6.92 Å². The predicted octanol–water partition coefficient (Wildman–Crippen LogP) is 0.441. The zero-order chi connectivity index (χ0) is 14.3. The van der Waals surface area contributed by atoms with E-state index >= 15 is 0 Å². The molecule has 0 spiro atoms. The summed E-state index contributed by atoms with van der Waals surface area (Å²) in [5.41, 5.74) is 0. The number of piperidine rings is 1. The van der Waals surface area contributed by atoms with Crippen LogP contribution in [-0.4, -0.2) is 51.7 Å². The molecule has 2 N–H and O–H groups in total. The third-order valence-corrected chi connectivity index (χ3v) is 4.11. The highest BCUT2D eigenvalue weighted by Gasteiger charge is 2.26. The highest BCUT2D eigenvalue weighted by Crippen LogP contribution is 2.12. The van der Waals surface area contributed by atoms with Crippen LogP contribution in [0.4, 0.5) is 4.79 Å². The van der Waals surface area contributed by atoms with Crippen LogP contribution in [0, 0.1) is 0 Å². The molecule has 1 aliphatic rings. The van der Waals surface area contributed by atoms with Gasteiger partial charge in [0.15, 0.2) is 0 Å². The first kappa shape index (κ1) is 16.2. The normalized spacial score (nSPS) is 17.5. The Labute approximate surface area is 114 Å². The van der Waals surface area contributed by atoms with E-state index in [4.69, 9.17) is 4.74 Å². The molecule has 0 aromatic rings. The summed E-state index contributed by atoms with van der Waals surface area (Å²) in [5, 5.41) is 0. The molecule has 0 aliphatic carbocycles. The molecular weight excluding hydrogens is 270 g/mol. The van der Waals surface area contributed by atoms with Crippen molar-refractivity contribution in [3.05, 3.63) is 0 Å². The standard InChI is InChI=1S/C11H23N3O4S/c1-3-7-12-19(16,17)13-10-5-8-14(9-6-10)11(15)18-4-2/h10,12-13H,3-9H2,1-2H3. The fourth-order valence-electron chi connectivity index (χ4n) is 1.89. The summed E-state index contributed by atoms with van der Waals surface area (Å²) < 4.78 is 33.3. The smallest absolute Gasteiger partial charge is 0.409 e. The Hall–Kier alpha value is -0.860. The lowest BCUT2D eigenvalue weighted by molar-refractivity contribution is 0.0965. The fraction of sp³-hybridized carbons (Fsp3) is 0.909. The SMILES string of the molecule is CCCNS(=O)(=O)NC1CCN(C(=O)OCC)CC1. The molecule has 0 saturated carbocycles. The van der Waals surface area contributed by atoms with E-state index in [9.17, 15) is 13.2 Å². The van der Waals surface area contributed by atoms with Crippen LogP contribution in [0.25, 0.3) is 0 Å². The maximum absolute atomic E-state index is 11.6. The van der Waals surface area contributed by atoms with Crippen molar-refractivity contribution in [1.29, 1.82) is 0 Å². The highest BCUT2D eigenvalue weighted by molar-refractivity contribution is 7.87. The van der Waals surface area contributed by atoms with Crippen molar-refractivity contribution in [3.63, 3.8) is 0 Å². The van der Waals surface area contributed by atoms with Crippen molar-refractivity contribution < 1.29 is 17.9 Å². The minimum absolute atomic E-state index is 0.125. The van der Waals surface area contributed by atoms with Crippen molar-refractivity contribution in [2.24, 2.45) is 0 Å². The molecule has 1 heterocycles. The Bertz CT molecular complexity index is 377. The Morgan fingerprint density at radius 3 is 2.47 bits per heavy atom. The monoisotopic (exact) mass is 293 g/mol. The number of ether oxygens (including phenoxy) is 1. The Morgan fingerprint density at radius 1 is 1.32 bits per heavy atom. The van der Waals surface area contributed by atoms with Gasteiger partial charge in [0.1, 0.15) is 0 Å². The first-order valence-electron chi connectivity index (χ1n) is 6.67. The molecular formula is C11H23N3O4S. The minimum Gasteiger partial charge on any atom is -0.450 e. The zero-order valence-corrected chi connectivity index (χ0v) is 12.3. The summed E-state index contributed by atoms with van der Waals surface area (Å²) >= 11 is 0. The molecule has 1 aliphatic heterocycles. The number of amides is 1. The molecule has 0 radical (unpaired) electrons. The van der Waals surface area contributed by atoms with Gasteiger partial charge in [-0.3, -0.25) is 0 Å². The van der Waals surface area contributed by atoms with E-state index in [-0.39, 0.29) is 12.1 Å². The average molecular weight is 293 g/mol. The predicted molar refractivity (Wildman–Crippen MR) is 72.0 cm³/mol. The second-order valence-corrected chi connectivity index (χ2v) is 6.01. The molecule has 0 unspecified atom stereocenters. The quantitative estimate of drug-likeness (QED) is 0.744. The van der Waals surface area contributed by atoms with Gasteiger partial charge >= 0.3 is 6.09 Å². The minimum atomic E-state index is -3.43. The largest absolute Gasteiger partial charge is 0.450 e. The number of carbonyl (C=O) groups excluding carboxylic acids is 1. The molecule has 7 nitrogen and oxygen atoms in total. The third kappa shape index (κ3) is 5.75. The van der Waals surface area contributed by atoms with E-state index in [1.165, 1.54) is 0 Å². The van der Waals surface area contributed by atoms with Crippen molar-refractivity contribution in [2.45, 2.75) is 39.2 Å². The topological polar surface area (TPSA) is 87.7 Å². The van der Waals surface area contributed by atoms with E-state index in [2.05, 4.69) is 9.44 Å². The second-order valence-electron chi connectivity index (χ2n) is 4.48. The van der Waals surface area contributed by atoms with Gasteiger partial charge in [0, 0.05) is 25.7 Å². The summed E-state index contributed by atoms with van der Waals surface area (Å²) in [6.07, 6.45) is 1.63. The number of nitrogens with zero attached hydrogens (tertiary/aromatic N) is 1. The number of carbonyl (C=O) groups is 1. The van der Waals surface area contributed by atoms with Crippen molar-refractivity contribution in [1.82, 2.24) is 14.3 Å². The molecule has 19 heavy (non-hydrogen) atoms. The van der Waals surface area contributed by atoms with E-state index < -0.39 is 10.2 Å². The van der Waals surface area contributed by atoms with Crippen LogP contribution in [0.1, 0.15) is 33.1 Å². The molecule has 1 saturated heterocycles. The molecule has 0 bridgehead atoms. The summed E-state index contributed by atoms with van der Waals surface area (Å²) in [5.74, 6) is 0. The Kier molecular flexibility index (Phi) is 6.53. The maximum Gasteiger partial charge on any atom is 0.409 e. The van der Waals surface area contributed by atoms with Gasteiger partial charge < -0.3 is 9.64 Å². The van der Waals surface area contributed by atoms with Crippen LogP contribution in [0.3, 0.4) is 0 Å². The van der Waals surface area contributed by atoms with Crippen molar-refractivity contribution in [2.75, 3.05) is 26.2 Å². The number of hydrogen-bond acceptors (Lipinski definition) is 4. The van der Waals surface area contributed by atoms with Crippen LogP contribution in [-0.2, 0) is 14.9 Å². The highest BCUT2D eigenvalue weighted by atomic mass is 32.2. The van der Waals surface area contributed by atoms with Gasteiger partial charge in [-0.1, -0.05) is 6.92 Å². The average Bonchev–Trinajstić information content (AvgIpc) is 2.37. The summed E-state index contributed by atoms with van der Waals surface area (Å²) in [7, 11) is -3.43. The molecule has 1 amide bonds. The van der Waals surface area contributed by atoms with E-state index in [0.717, 1.165) is 6.42 Å². The molecule has 112 valence electrons. The van der Waals surface area contributed by atoms with Gasteiger partial charge in [-0.15, -0.1) is 0 Å². The maximum atomic E-state index is 11.6.